The molecule has 1 saturated heterocycles. The van der Waals surface area contributed by atoms with Gasteiger partial charge in [-0.25, -0.2) is 19.3 Å². The van der Waals surface area contributed by atoms with Gasteiger partial charge in [0.25, 0.3) is 0 Å². The molecule has 0 spiro atoms. The van der Waals surface area contributed by atoms with Crippen LogP contribution in [0.3, 0.4) is 0 Å². The molecule has 0 unspecified atom stereocenters. The van der Waals surface area contributed by atoms with Gasteiger partial charge in [0.1, 0.15) is 17.0 Å². The number of imidazole rings is 1. The maximum atomic E-state index is 16.1. The smallest absolute Gasteiger partial charge is 0.184 e. The first-order valence-electron chi connectivity index (χ1n) is 12.4. The molecule has 6 heterocycles. The molecule has 192 valence electrons. The third-order valence-electron chi connectivity index (χ3n) is 6.81. The van der Waals surface area contributed by atoms with Crippen molar-refractivity contribution in [1.29, 1.82) is 0 Å². The number of H-pyrrole nitrogens is 2. The van der Waals surface area contributed by atoms with Crippen LogP contribution in [-0.4, -0.2) is 66.9 Å². The van der Waals surface area contributed by atoms with Crippen molar-refractivity contribution in [2.75, 3.05) is 25.0 Å². The second-order valence-corrected chi connectivity index (χ2v) is 9.50. The lowest BCUT2D eigenvalue weighted by Gasteiger charge is -2.15. The third-order valence-corrected chi connectivity index (χ3v) is 6.81. The standard InChI is InChI=1S/C27H27FN10/c1-16(29-2)14-37(3)27-23-20(6-7-31-27)33-26(34-23)24-21-22(28)19(13-32-25(21)36-35-24)18-10-17(11-30-12-18)15-38-8-4-5-9-38/h6-7,10-14H,2,4-5,8-9,15H2,1,3H3,(H,33,34)(H,32,35,36)/b16-14-. The van der Waals surface area contributed by atoms with Crippen molar-refractivity contribution in [3.05, 3.63) is 60.2 Å². The van der Waals surface area contributed by atoms with Crippen molar-refractivity contribution in [1.82, 2.24) is 40.0 Å². The molecule has 1 aliphatic heterocycles. The molecule has 10 nitrogen and oxygen atoms in total. The zero-order valence-corrected chi connectivity index (χ0v) is 21.2. The van der Waals surface area contributed by atoms with Crippen molar-refractivity contribution in [2.45, 2.75) is 26.3 Å². The number of aliphatic imine (C=N–C) groups is 1. The van der Waals surface area contributed by atoms with E-state index < -0.39 is 5.82 Å². The first-order chi connectivity index (χ1) is 18.5. The number of anilines is 1. The first-order valence-corrected chi connectivity index (χ1v) is 12.4. The second kappa shape index (κ2) is 9.75. The van der Waals surface area contributed by atoms with Gasteiger partial charge in [-0.3, -0.25) is 20.0 Å². The Morgan fingerprint density at radius 1 is 1.24 bits per heavy atom. The fourth-order valence-corrected chi connectivity index (χ4v) is 4.92. The first kappa shape index (κ1) is 23.9. The van der Waals surface area contributed by atoms with Gasteiger partial charge >= 0.3 is 0 Å². The Morgan fingerprint density at radius 2 is 2.08 bits per heavy atom. The summed E-state index contributed by atoms with van der Waals surface area (Å²) in [5, 5.41) is 7.43. The monoisotopic (exact) mass is 510 g/mol. The number of pyridine rings is 3. The molecule has 6 rings (SSSR count). The molecule has 1 aliphatic rings. The highest BCUT2D eigenvalue weighted by Gasteiger charge is 2.22. The molecule has 5 aromatic rings. The molecule has 0 aromatic carbocycles. The summed E-state index contributed by atoms with van der Waals surface area (Å²) in [6, 6.07) is 3.81. The summed E-state index contributed by atoms with van der Waals surface area (Å²) in [6.07, 6.45) is 10.9. The minimum Gasteiger partial charge on any atom is -0.336 e. The van der Waals surface area contributed by atoms with E-state index in [9.17, 15) is 0 Å². The van der Waals surface area contributed by atoms with E-state index in [0.29, 0.717) is 34.0 Å². The van der Waals surface area contributed by atoms with E-state index in [1.54, 1.807) is 12.4 Å². The summed E-state index contributed by atoms with van der Waals surface area (Å²) in [7, 11) is 1.86. The predicted molar refractivity (Wildman–Crippen MR) is 146 cm³/mol. The van der Waals surface area contributed by atoms with Gasteiger partial charge in [-0.15, -0.1) is 0 Å². The van der Waals surface area contributed by atoms with E-state index in [4.69, 9.17) is 4.98 Å². The largest absolute Gasteiger partial charge is 0.336 e. The number of likely N-dealkylation sites (tertiary alicyclic amines) is 1. The van der Waals surface area contributed by atoms with Gasteiger partial charge in [0.05, 0.1) is 16.6 Å². The highest BCUT2D eigenvalue weighted by molar-refractivity contribution is 5.96. The summed E-state index contributed by atoms with van der Waals surface area (Å²) in [4.78, 5) is 29.5. The lowest BCUT2D eigenvalue weighted by atomic mass is 10.0. The quantitative estimate of drug-likeness (QED) is 0.305. The van der Waals surface area contributed by atoms with Gasteiger partial charge in [0, 0.05) is 55.7 Å². The Hall–Kier alpha value is -4.51. The van der Waals surface area contributed by atoms with Crippen molar-refractivity contribution in [3.63, 3.8) is 0 Å². The summed E-state index contributed by atoms with van der Waals surface area (Å²) >= 11 is 0. The van der Waals surface area contributed by atoms with Gasteiger partial charge < -0.3 is 9.88 Å². The van der Waals surface area contributed by atoms with Crippen molar-refractivity contribution in [3.8, 4) is 22.6 Å². The fourth-order valence-electron chi connectivity index (χ4n) is 4.92. The molecular weight excluding hydrogens is 483 g/mol. The molecule has 1 fully saturated rings. The molecule has 38 heavy (non-hydrogen) atoms. The molecule has 2 N–H and O–H groups in total. The number of aromatic amines is 2. The highest BCUT2D eigenvalue weighted by Crippen LogP contribution is 2.34. The van der Waals surface area contributed by atoms with Gasteiger partial charge in [-0.1, -0.05) is 0 Å². The summed E-state index contributed by atoms with van der Waals surface area (Å²) < 4.78 is 16.1. The average molecular weight is 511 g/mol. The lowest BCUT2D eigenvalue weighted by molar-refractivity contribution is 0.331. The number of allylic oxidation sites excluding steroid dienone is 1. The van der Waals surface area contributed by atoms with Crippen LogP contribution in [0.4, 0.5) is 10.2 Å². The fraction of sp³-hybridized carbons (Fsp3) is 0.259. The van der Waals surface area contributed by atoms with Crippen LogP contribution in [0.15, 0.2) is 53.8 Å². The Bertz CT molecular complexity index is 1680. The van der Waals surface area contributed by atoms with E-state index in [1.807, 2.05) is 43.4 Å². The lowest BCUT2D eigenvalue weighted by Crippen LogP contribution is -2.18. The van der Waals surface area contributed by atoms with E-state index >= 15 is 4.39 Å². The Kier molecular flexibility index (Phi) is 6.12. The third kappa shape index (κ3) is 4.30. The minimum atomic E-state index is -0.426. The number of nitrogens with one attached hydrogen (secondary N) is 2. The number of rotatable bonds is 7. The zero-order chi connectivity index (χ0) is 26.2. The molecule has 0 saturated carbocycles. The number of aromatic nitrogens is 7. The van der Waals surface area contributed by atoms with Crippen LogP contribution in [0.25, 0.3) is 44.7 Å². The zero-order valence-electron chi connectivity index (χ0n) is 21.2. The van der Waals surface area contributed by atoms with Gasteiger partial charge in [-0.2, -0.15) is 5.10 Å². The molecule has 0 aliphatic carbocycles. The van der Waals surface area contributed by atoms with Crippen LogP contribution in [0.5, 0.6) is 0 Å². The summed E-state index contributed by atoms with van der Waals surface area (Å²) in [5.74, 6) is 0.633. The second-order valence-electron chi connectivity index (χ2n) is 9.50. The van der Waals surface area contributed by atoms with E-state index in [-0.39, 0.29) is 11.0 Å². The van der Waals surface area contributed by atoms with E-state index in [1.165, 1.54) is 19.0 Å². The topological polar surface area (TPSA) is 115 Å². The normalized spacial score (nSPS) is 14.6. The van der Waals surface area contributed by atoms with E-state index in [0.717, 1.165) is 36.4 Å². The van der Waals surface area contributed by atoms with Crippen LogP contribution >= 0.6 is 0 Å². The minimum absolute atomic E-state index is 0.265. The maximum absolute atomic E-state index is 16.1. The Balaban J connectivity index is 1.41. The van der Waals surface area contributed by atoms with Crippen LogP contribution in [-0.2, 0) is 6.54 Å². The van der Waals surface area contributed by atoms with Crippen molar-refractivity contribution in [2.24, 2.45) is 4.99 Å². The Labute approximate surface area is 218 Å². The summed E-state index contributed by atoms with van der Waals surface area (Å²) in [5.41, 5.74) is 4.90. The number of fused-ring (bicyclic) bond motifs is 2. The van der Waals surface area contributed by atoms with Gasteiger partial charge in [-0.05, 0) is 57.3 Å². The Morgan fingerprint density at radius 3 is 2.89 bits per heavy atom. The number of halogens is 1. The van der Waals surface area contributed by atoms with Crippen molar-refractivity contribution >= 4 is 34.6 Å². The van der Waals surface area contributed by atoms with Gasteiger partial charge in [0.15, 0.2) is 17.3 Å². The number of nitrogens with zero attached hydrogens (tertiary/aromatic N) is 8. The van der Waals surface area contributed by atoms with Crippen LogP contribution in [0, 0.1) is 5.82 Å². The highest BCUT2D eigenvalue weighted by atomic mass is 19.1. The molecular formula is C27H27FN10. The van der Waals surface area contributed by atoms with Crippen LogP contribution in [0.2, 0.25) is 0 Å². The average Bonchev–Trinajstić information content (AvgIpc) is 3.68. The number of hydrogen-bond donors (Lipinski definition) is 2. The molecule has 0 atom stereocenters. The van der Waals surface area contributed by atoms with Gasteiger partial charge in [0.2, 0.25) is 0 Å². The van der Waals surface area contributed by atoms with Crippen LogP contribution < -0.4 is 4.90 Å². The molecule has 0 radical (unpaired) electrons. The SMILES string of the molecule is C=N/C(C)=C\N(C)c1nccc2[nH]c(-c3[nH]nc4ncc(-c5cncc(CN6CCCC6)c5)c(F)c34)nc12. The number of hydrogen-bond acceptors (Lipinski definition) is 8. The van der Waals surface area contributed by atoms with E-state index in [2.05, 4.69) is 46.7 Å². The molecule has 11 heteroatoms. The molecule has 5 aromatic heterocycles. The maximum Gasteiger partial charge on any atom is 0.184 e. The molecule has 0 bridgehead atoms. The predicted octanol–water partition coefficient (Wildman–Crippen LogP) is 4.69. The molecule has 0 amide bonds. The summed E-state index contributed by atoms with van der Waals surface area (Å²) in [6.45, 7) is 8.36. The van der Waals surface area contributed by atoms with Crippen LogP contribution in [0.1, 0.15) is 25.3 Å². The van der Waals surface area contributed by atoms with Crippen molar-refractivity contribution < 1.29 is 4.39 Å².